The number of rotatable bonds is 7. The lowest BCUT2D eigenvalue weighted by molar-refractivity contribution is -0.167. The molecule has 4 aliphatic rings. The van der Waals surface area contributed by atoms with E-state index in [-0.39, 0.29) is 16.7 Å². The van der Waals surface area contributed by atoms with Crippen LogP contribution in [0.3, 0.4) is 0 Å². The van der Waals surface area contributed by atoms with Crippen molar-refractivity contribution in [3.05, 3.63) is 29.3 Å². The van der Waals surface area contributed by atoms with Crippen molar-refractivity contribution in [1.29, 1.82) is 0 Å². The van der Waals surface area contributed by atoms with Gasteiger partial charge in [0.2, 0.25) is 8.32 Å². The van der Waals surface area contributed by atoms with Gasteiger partial charge >= 0.3 is 0 Å². The van der Waals surface area contributed by atoms with Crippen molar-refractivity contribution >= 4 is 8.32 Å². The number of aliphatic hydroxyl groups is 1. The molecule has 4 nitrogen and oxygen atoms in total. The van der Waals surface area contributed by atoms with Gasteiger partial charge in [0.1, 0.15) is 5.75 Å². The molecule has 1 heterocycles. The lowest BCUT2D eigenvalue weighted by atomic mass is 9.53. The third-order valence-electron chi connectivity index (χ3n) is 11.4. The maximum absolute atomic E-state index is 12.0. The molecule has 5 heteroatoms. The van der Waals surface area contributed by atoms with Gasteiger partial charge in [-0.25, -0.2) is 0 Å². The van der Waals surface area contributed by atoms with Gasteiger partial charge < -0.3 is 19.0 Å². The Bertz CT molecular complexity index is 949. The molecule has 0 amide bonds. The molecule has 3 fully saturated rings. The molecule has 5 rings (SSSR count). The number of hydrogen-bond donors (Lipinski definition) is 1. The van der Waals surface area contributed by atoms with Crippen LogP contribution in [0.2, 0.25) is 18.1 Å². The van der Waals surface area contributed by atoms with E-state index < -0.39 is 13.9 Å². The molecule has 0 spiro atoms. The molecule has 1 aromatic rings. The highest BCUT2D eigenvalue weighted by Crippen LogP contribution is 2.65. The highest BCUT2D eigenvalue weighted by molar-refractivity contribution is 6.74. The number of benzene rings is 1. The third kappa shape index (κ3) is 5.19. The highest BCUT2D eigenvalue weighted by Gasteiger charge is 2.61. The van der Waals surface area contributed by atoms with E-state index in [0.29, 0.717) is 24.4 Å². The van der Waals surface area contributed by atoms with Gasteiger partial charge in [0.25, 0.3) is 0 Å². The minimum atomic E-state index is -1.84. The Kier molecular flexibility index (Phi) is 7.67. The second-order valence-electron chi connectivity index (χ2n) is 14.4. The topological polar surface area (TPSA) is 47.9 Å². The lowest BCUT2D eigenvalue weighted by Crippen LogP contribution is -2.50. The van der Waals surface area contributed by atoms with Crippen LogP contribution < -0.4 is 4.43 Å². The van der Waals surface area contributed by atoms with Crippen molar-refractivity contribution in [1.82, 2.24) is 0 Å². The average molecular weight is 529 g/mol. The minimum absolute atomic E-state index is 0.0262. The maximum atomic E-state index is 12.0. The fourth-order valence-corrected chi connectivity index (χ4v) is 9.04. The molecule has 3 aliphatic carbocycles. The van der Waals surface area contributed by atoms with Crippen molar-refractivity contribution in [3.8, 4) is 5.75 Å². The average Bonchev–Trinajstić information content (AvgIpc) is 3.12. The van der Waals surface area contributed by atoms with Crippen LogP contribution in [0, 0.1) is 17.3 Å². The quantitative estimate of drug-likeness (QED) is 0.288. The summed E-state index contributed by atoms with van der Waals surface area (Å²) in [6, 6.07) is 7.00. The van der Waals surface area contributed by atoms with E-state index in [2.05, 4.69) is 59.0 Å². The summed E-state index contributed by atoms with van der Waals surface area (Å²) in [4.78, 5) is 0. The number of aryl methyl sites for hydroxylation is 1. The van der Waals surface area contributed by atoms with E-state index in [4.69, 9.17) is 13.9 Å². The summed E-state index contributed by atoms with van der Waals surface area (Å²) in [5, 5.41) is 12.2. The Balaban J connectivity index is 1.23. The Hall–Kier alpha value is -0.883. The smallest absolute Gasteiger partial charge is 0.250 e. The summed E-state index contributed by atoms with van der Waals surface area (Å²) in [5.74, 6) is 3.02. The number of ether oxygens (including phenoxy) is 2. The minimum Gasteiger partial charge on any atom is -0.543 e. The van der Waals surface area contributed by atoms with Crippen molar-refractivity contribution in [2.24, 2.45) is 17.3 Å². The summed E-state index contributed by atoms with van der Waals surface area (Å²) in [7, 11) is -1.84. The fraction of sp³-hybridized carbons (Fsp3) is 0.812. The van der Waals surface area contributed by atoms with E-state index in [1.54, 1.807) is 5.56 Å². The molecular weight excluding hydrogens is 476 g/mol. The first-order valence-electron chi connectivity index (χ1n) is 15.2. The van der Waals surface area contributed by atoms with E-state index in [1.165, 1.54) is 31.2 Å². The fourth-order valence-electron chi connectivity index (χ4n) is 8.01. The van der Waals surface area contributed by atoms with Crippen molar-refractivity contribution in [2.75, 3.05) is 13.2 Å². The first-order chi connectivity index (χ1) is 17.4. The Morgan fingerprint density at radius 3 is 2.62 bits per heavy atom. The first-order valence-corrected chi connectivity index (χ1v) is 18.1. The summed E-state index contributed by atoms with van der Waals surface area (Å²) in [6.45, 7) is 15.5. The zero-order chi connectivity index (χ0) is 26.5. The molecule has 1 unspecified atom stereocenters. The predicted octanol–water partition coefficient (Wildman–Crippen LogP) is 7.98. The van der Waals surface area contributed by atoms with Crippen LogP contribution in [-0.2, 0) is 15.9 Å². The zero-order valence-corrected chi connectivity index (χ0v) is 25.4. The van der Waals surface area contributed by atoms with Crippen LogP contribution in [0.15, 0.2) is 18.2 Å². The molecule has 2 saturated carbocycles. The monoisotopic (exact) mass is 528 g/mol. The van der Waals surface area contributed by atoms with E-state index in [9.17, 15) is 5.11 Å². The largest absolute Gasteiger partial charge is 0.543 e. The predicted molar refractivity (Wildman–Crippen MR) is 153 cm³/mol. The van der Waals surface area contributed by atoms with Gasteiger partial charge in [0.15, 0.2) is 6.29 Å². The Labute approximate surface area is 227 Å². The molecule has 6 atom stereocenters. The molecule has 37 heavy (non-hydrogen) atoms. The SMILES string of the molecule is CC(C)(C)[Si](C)(C)Oc1ccc2c(c1)CC[C@@H]1[C@@H]2CC[C@@]2(C)[C@H]1CC[C@@]2(O)CCCOC1CCCCO1. The molecule has 1 aliphatic heterocycles. The normalized spacial score (nSPS) is 36.0. The van der Waals surface area contributed by atoms with Crippen LogP contribution >= 0.6 is 0 Å². The van der Waals surface area contributed by atoms with Crippen molar-refractivity contribution < 1.29 is 19.0 Å². The van der Waals surface area contributed by atoms with Gasteiger partial charge in [-0.2, -0.15) is 0 Å². The summed E-state index contributed by atoms with van der Waals surface area (Å²) < 4.78 is 18.4. The van der Waals surface area contributed by atoms with Crippen LogP contribution in [-0.4, -0.2) is 38.5 Å². The first kappa shape index (κ1) is 27.7. The summed E-state index contributed by atoms with van der Waals surface area (Å²) in [5.41, 5.74) is 2.55. The third-order valence-corrected chi connectivity index (χ3v) is 15.7. The van der Waals surface area contributed by atoms with E-state index in [1.807, 2.05) is 0 Å². The van der Waals surface area contributed by atoms with Crippen molar-refractivity contribution in [3.63, 3.8) is 0 Å². The standard InChI is InChI=1S/C32H52O4Si/c1-30(2,3)37(5,6)36-24-12-14-25-23(22-24)11-13-27-26(25)15-18-31(4)28(27)16-19-32(31,33)17-9-21-35-29-10-7-8-20-34-29/h12,14,22,26-29,33H,7-11,13,15-21H2,1-6H3/t26-,27-,28+,29?,31+,32+/m1/s1. The second-order valence-corrected chi connectivity index (χ2v) is 19.2. The molecule has 0 aromatic heterocycles. The zero-order valence-electron chi connectivity index (χ0n) is 24.4. The van der Waals surface area contributed by atoms with Crippen molar-refractivity contribution in [2.45, 2.75) is 134 Å². The molecule has 0 radical (unpaired) electrons. The Morgan fingerprint density at radius 2 is 1.89 bits per heavy atom. The summed E-state index contributed by atoms with van der Waals surface area (Å²) in [6.07, 6.45) is 12.0. The number of hydrogen-bond acceptors (Lipinski definition) is 4. The van der Waals surface area contributed by atoms with Crippen LogP contribution in [0.4, 0.5) is 0 Å². The molecule has 1 saturated heterocycles. The molecular formula is C32H52O4Si. The van der Waals surface area contributed by atoms with Crippen LogP contribution in [0.1, 0.15) is 109 Å². The Morgan fingerprint density at radius 1 is 1.08 bits per heavy atom. The molecule has 1 aromatic carbocycles. The van der Waals surface area contributed by atoms with Gasteiger partial charge in [0.05, 0.1) is 5.60 Å². The van der Waals surface area contributed by atoms with Gasteiger partial charge in [-0.3, -0.25) is 0 Å². The highest BCUT2D eigenvalue weighted by atomic mass is 28.4. The van der Waals surface area contributed by atoms with Gasteiger partial charge in [0, 0.05) is 13.2 Å². The molecule has 208 valence electrons. The lowest BCUT2D eigenvalue weighted by Gasteiger charge is -2.53. The molecule has 0 bridgehead atoms. The maximum Gasteiger partial charge on any atom is 0.250 e. The van der Waals surface area contributed by atoms with Gasteiger partial charge in [-0.1, -0.05) is 33.8 Å². The van der Waals surface area contributed by atoms with E-state index in [0.717, 1.165) is 57.3 Å². The van der Waals surface area contributed by atoms with E-state index >= 15 is 0 Å². The van der Waals surface area contributed by atoms with Crippen LogP contribution in [0.25, 0.3) is 0 Å². The van der Waals surface area contributed by atoms with Gasteiger partial charge in [-0.15, -0.1) is 0 Å². The summed E-state index contributed by atoms with van der Waals surface area (Å²) >= 11 is 0. The van der Waals surface area contributed by atoms with Crippen LogP contribution in [0.5, 0.6) is 5.75 Å². The van der Waals surface area contributed by atoms with Gasteiger partial charge in [-0.05, 0) is 135 Å². The molecule has 1 N–H and O–H groups in total. The second kappa shape index (κ2) is 10.3. The number of fused-ring (bicyclic) bond motifs is 5.